The molecule has 0 saturated carbocycles. The number of hydrogen-bond acceptors (Lipinski definition) is 4. The summed E-state index contributed by atoms with van der Waals surface area (Å²) in [5.41, 5.74) is 2.58. The minimum atomic E-state index is -0.619. The zero-order valence-electron chi connectivity index (χ0n) is 20.8. The van der Waals surface area contributed by atoms with Gasteiger partial charge in [-0.1, -0.05) is 12.1 Å². The predicted molar refractivity (Wildman–Crippen MR) is 135 cm³/mol. The second-order valence-corrected chi connectivity index (χ2v) is 9.73. The molecule has 0 unspecified atom stereocenters. The number of aliphatic hydroxyl groups is 1. The van der Waals surface area contributed by atoms with Crippen LogP contribution in [-0.4, -0.2) is 64.8 Å². The van der Waals surface area contributed by atoms with Gasteiger partial charge in [0, 0.05) is 56.2 Å². The molecule has 1 fully saturated rings. The molecule has 190 valence electrons. The second kappa shape index (κ2) is 9.13. The van der Waals surface area contributed by atoms with Crippen molar-refractivity contribution in [2.75, 3.05) is 38.7 Å². The minimum absolute atomic E-state index is 0.0333. The van der Waals surface area contributed by atoms with Gasteiger partial charge in [-0.2, -0.15) is 0 Å². The van der Waals surface area contributed by atoms with Gasteiger partial charge in [-0.05, 0) is 42.7 Å². The number of methoxy groups -OCH3 is 1. The maximum atomic E-state index is 14.3. The molecule has 0 aliphatic carbocycles. The first-order valence-corrected chi connectivity index (χ1v) is 12.1. The third-order valence-corrected chi connectivity index (χ3v) is 7.86. The summed E-state index contributed by atoms with van der Waals surface area (Å²) in [4.78, 5) is 29.1. The van der Waals surface area contributed by atoms with E-state index in [1.165, 1.54) is 12.1 Å². The van der Waals surface area contributed by atoms with Crippen LogP contribution in [0.2, 0.25) is 0 Å². The fourth-order valence-electron chi connectivity index (χ4n) is 5.98. The van der Waals surface area contributed by atoms with E-state index in [0.717, 1.165) is 27.9 Å². The summed E-state index contributed by atoms with van der Waals surface area (Å²) >= 11 is 0. The number of ether oxygens (including phenoxy) is 1. The number of carbonyl (C=O) groups excluding carboxylic acids is 2. The van der Waals surface area contributed by atoms with Crippen molar-refractivity contribution < 1.29 is 23.8 Å². The smallest absolute Gasteiger partial charge is 0.322 e. The van der Waals surface area contributed by atoms with E-state index < -0.39 is 23.3 Å². The predicted octanol–water partition coefficient (Wildman–Crippen LogP) is 3.79. The highest BCUT2D eigenvalue weighted by atomic mass is 19.1. The normalized spacial score (nSPS) is 18.9. The van der Waals surface area contributed by atoms with Crippen LogP contribution < -0.4 is 10.1 Å². The third kappa shape index (κ3) is 3.78. The van der Waals surface area contributed by atoms with Crippen LogP contribution in [0, 0.1) is 5.82 Å². The van der Waals surface area contributed by atoms with Crippen LogP contribution >= 0.6 is 0 Å². The van der Waals surface area contributed by atoms with Crippen LogP contribution in [0.1, 0.15) is 37.1 Å². The minimum Gasteiger partial charge on any atom is -0.497 e. The summed E-state index contributed by atoms with van der Waals surface area (Å²) in [6, 6.07) is 10.9. The molecule has 8 nitrogen and oxygen atoms in total. The van der Waals surface area contributed by atoms with Crippen LogP contribution in [0.3, 0.4) is 0 Å². The number of carbonyl (C=O) groups is 2. The van der Waals surface area contributed by atoms with Crippen LogP contribution in [0.15, 0.2) is 42.5 Å². The van der Waals surface area contributed by atoms with Gasteiger partial charge in [0.2, 0.25) is 5.91 Å². The molecule has 2 aromatic carbocycles. The number of aromatic nitrogens is 1. The lowest BCUT2D eigenvalue weighted by atomic mass is 9.68. The number of halogens is 1. The number of aliphatic hydroxyl groups excluding tert-OH is 1. The molecule has 0 bridgehead atoms. The largest absolute Gasteiger partial charge is 0.497 e. The number of amides is 3. The molecule has 2 aliphatic rings. The summed E-state index contributed by atoms with van der Waals surface area (Å²) in [6.07, 6.45) is 1.35. The Morgan fingerprint density at radius 3 is 2.56 bits per heavy atom. The summed E-state index contributed by atoms with van der Waals surface area (Å²) in [7, 11) is 3.55. The van der Waals surface area contributed by atoms with Gasteiger partial charge in [0.05, 0.1) is 31.0 Å². The Bertz CT molecular complexity index is 1330. The molecule has 2 N–H and O–H groups in total. The molecule has 1 aromatic heterocycles. The average Bonchev–Trinajstić information content (AvgIpc) is 3.18. The van der Waals surface area contributed by atoms with Gasteiger partial charge in [-0.3, -0.25) is 4.79 Å². The number of piperidine rings is 1. The highest BCUT2D eigenvalue weighted by Crippen LogP contribution is 2.50. The third-order valence-electron chi connectivity index (χ3n) is 7.86. The molecule has 2 aliphatic heterocycles. The number of nitrogens with zero attached hydrogens (tertiary/aromatic N) is 3. The molecule has 3 amide bonds. The number of para-hydroxylation sites is 1. The lowest BCUT2D eigenvalue weighted by Crippen LogP contribution is -2.56. The maximum absolute atomic E-state index is 14.3. The zero-order valence-corrected chi connectivity index (χ0v) is 20.8. The Morgan fingerprint density at radius 2 is 1.92 bits per heavy atom. The standard InChI is InChI=1S/C27H31FN4O4/c1-17(34)31-12-10-27(11-13-31)16-32(26(35)29-21-7-5-4-6-20(21)28)23(15-33)25-24(27)19-9-8-18(36-3)14-22(19)30(25)2/h4-9,14,23,33H,10-13,15-16H2,1-3H3,(H,29,35)/t23-/m1/s1. The van der Waals surface area contributed by atoms with E-state index in [2.05, 4.69) is 5.32 Å². The van der Waals surface area contributed by atoms with Gasteiger partial charge in [0.15, 0.2) is 0 Å². The Balaban J connectivity index is 1.64. The Labute approximate surface area is 209 Å². The molecule has 3 heterocycles. The van der Waals surface area contributed by atoms with Crippen LogP contribution in [0.5, 0.6) is 5.75 Å². The van der Waals surface area contributed by atoms with Crippen molar-refractivity contribution in [1.82, 2.24) is 14.4 Å². The second-order valence-electron chi connectivity index (χ2n) is 9.73. The average molecular weight is 495 g/mol. The van der Waals surface area contributed by atoms with Crippen molar-refractivity contribution in [2.45, 2.75) is 31.2 Å². The number of rotatable bonds is 3. The number of aryl methyl sites for hydroxylation is 1. The van der Waals surface area contributed by atoms with Crippen molar-refractivity contribution in [3.8, 4) is 5.75 Å². The Hall–Kier alpha value is -3.59. The van der Waals surface area contributed by atoms with Crippen LogP contribution in [0.25, 0.3) is 10.9 Å². The molecule has 5 rings (SSSR count). The van der Waals surface area contributed by atoms with Gasteiger partial charge in [0.25, 0.3) is 0 Å². The van der Waals surface area contributed by atoms with E-state index in [9.17, 15) is 19.1 Å². The van der Waals surface area contributed by atoms with Crippen molar-refractivity contribution in [3.63, 3.8) is 0 Å². The van der Waals surface area contributed by atoms with Crippen LogP contribution in [0.4, 0.5) is 14.9 Å². The highest BCUT2D eigenvalue weighted by Gasteiger charge is 2.49. The van der Waals surface area contributed by atoms with E-state index in [0.29, 0.717) is 32.5 Å². The first-order valence-electron chi connectivity index (χ1n) is 12.1. The summed E-state index contributed by atoms with van der Waals surface area (Å²) < 4.78 is 21.8. The van der Waals surface area contributed by atoms with Crippen molar-refractivity contribution in [2.24, 2.45) is 7.05 Å². The van der Waals surface area contributed by atoms with Crippen molar-refractivity contribution >= 4 is 28.5 Å². The van der Waals surface area contributed by atoms with Gasteiger partial charge < -0.3 is 29.5 Å². The number of fused-ring (bicyclic) bond motifs is 4. The molecular formula is C27H31FN4O4. The fraction of sp³-hybridized carbons (Fsp3) is 0.407. The van der Waals surface area contributed by atoms with Gasteiger partial charge in [0.1, 0.15) is 11.6 Å². The molecule has 1 atom stereocenters. The van der Waals surface area contributed by atoms with Crippen LogP contribution in [-0.2, 0) is 17.3 Å². The van der Waals surface area contributed by atoms with Gasteiger partial charge in [-0.15, -0.1) is 0 Å². The zero-order chi connectivity index (χ0) is 25.6. The van der Waals surface area contributed by atoms with Gasteiger partial charge in [-0.25, -0.2) is 9.18 Å². The van der Waals surface area contributed by atoms with E-state index in [-0.39, 0.29) is 18.2 Å². The number of urea groups is 1. The number of nitrogens with one attached hydrogen (secondary N) is 1. The monoisotopic (exact) mass is 494 g/mol. The van der Waals surface area contributed by atoms with Crippen molar-refractivity contribution in [1.29, 1.82) is 0 Å². The molecule has 9 heteroatoms. The number of likely N-dealkylation sites (tertiary alicyclic amines) is 1. The SMILES string of the molecule is COc1ccc2c3c(n(C)c2c1)[C@@H](CO)N(C(=O)Nc1ccccc1F)CC31CCN(C(C)=O)CC1. The molecule has 0 radical (unpaired) electrons. The van der Waals surface area contributed by atoms with E-state index in [1.807, 2.05) is 34.7 Å². The summed E-state index contributed by atoms with van der Waals surface area (Å²) in [6.45, 7) is 2.79. The molecule has 1 spiro atoms. The molecule has 36 heavy (non-hydrogen) atoms. The fourth-order valence-corrected chi connectivity index (χ4v) is 5.98. The summed E-state index contributed by atoms with van der Waals surface area (Å²) in [5.74, 6) is 0.229. The number of hydrogen-bond donors (Lipinski definition) is 2. The molecular weight excluding hydrogens is 463 g/mol. The highest BCUT2D eigenvalue weighted by molar-refractivity contribution is 5.92. The first-order chi connectivity index (χ1) is 17.3. The first kappa shape index (κ1) is 24.1. The van der Waals surface area contributed by atoms with E-state index in [4.69, 9.17) is 4.74 Å². The number of benzene rings is 2. The molecule has 1 saturated heterocycles. The lowest BCUT2D eigenvalue weighted by Gasteiger charge is -2.50. The van der Waals surface area contributed by atoms with Crippen molar-refractivity contribution in [3.05, 3.63) is 59.5 Å². The lowest BCUT2D eigenvalue weighted by molar-refractivity contribution is -0.130. The van der Waals surface area contributed by atoms with E-state index >= 15 is 0 Å². The van der Waals surface area contributed by atoms with Gasteiger partial charge >= 0.3 is 6.03 Å². The maximum Gasteiger partial charge on any atom is 0.322 e. The topological polar surface area (TPSA) is 87.0 Å². The number of anilines is 1. The Morgan fingerprint density at radius 1 is 1.19 bits per heavy atom. The quantitative estimate of drug-likeness (QED) is 0.580. The Kier molecular flexibility index (Phi) is 6.12. The molecule has 3 aromatic rings. The summed E-state index contributed by atoms with van der Waals surface area (Å²) in [5, 5.41) is 14.3. The van der Waals surface area contributed by atoms with E-state index in [1.54, 1.807) is 31.1 Å².